The first-order valence-electron chi connectivity index (χ1n) is 6.15. The van der Waals surface area contributed by atoms with Crippen LogP contribution in [0, 0.1) is 0 Å². The number of hydrogen-bond acceptors (Lipinski definition) is 3. The first kappa shape index (κ1) is 16.1. The molecule has 0 saturated carbocycles. The van der Waals surface area contributed by atoms with Gasteiger partial charge in [0.2, 0.25) is 0 Å². The van der Waals surface area contributed by atoms with Crippen LogP contribution in [-0.4, -0.2) is 30.6 Å². The quantitative estimate of drug-likeness (QED) is 0.927. The minimum atomic E-state index is -2.77. The zero-order valence-corrected chi connectivity index (χ0v) is 11.4. The number of ether oxygens (including phenoxy) is 1. The Bertz CT molecular complexity index is 375. The Morgan fingerprint density at radius 2 is 2.00 bits per heavy atom. The van der Waals surface area contributed by atoms with Crippen molar-refractivity contribution in [3.8, 4) is 5.75 Å². The zero-order valence-electron chi connectivity index (χ0n) is 10.6. The molecule has 0 aliphatic carbocycles. The maximum atomic E-state index is 12.0. The third-order valence-corrected chi connectivity index (χ3v) is 3.10. The molecule has 1 fully saturated rings. The van der Waals surface area contributed by atoms with Crippen molar-refractivity contribution in [2.24, 2.45) is 5.73 Å². The third kappa shape index (κ3) is 5.30. The second-order valence-corrected chi connectivity index (χ2v) is 4.66. The highest BCUT2D eigenvalue weighted by molar-refractivity contribution is 5.85. The third-order valence-electron chi connectivity index (χ3n) is 3.10. The Kier molecular flexibility index (Phi) is 6.48. The fourth-order valence-electron chi connectivity index (χ4n) is 2.27. The summed E-state index contributed by atoms with van der Waals surface area (Å²) in [4.78, 5) is 2.29. The summed E-state index contributed by atoms with van der Waals surface area (Å²) >= 11 is 0. The largest absolute Gasteiger partial charge is 0.435 e. The minimum Gasteiger partial charge on any atom is -0.435 e. The van der Waals surface area contributed by atoms with Crippen LogP contribution in [0.5, 0.6) is 5.75 Å². The van der Waals surface area contributed by atoms with E-state index in [1.165, 1.54) is 0 Å². The average Bonchev–Trinajstić information content (AvgIpc) is 2.31. The van der Waals surface area contributed by atoms with E-state index in [0.717, 1.165) is 38.0 Å². The fourth-order valence-corrected chi connectivity index (χ4v) is 2.27. The molecule has 19 heavy (non-hydrogen) atoms. The number of nitrogens with zero attached hydrogens (tertiary/aromatic N) is 1. The summed E-state index contributed by atoms with van der Waals surface area (Å²) in [6.45, 7) is -0.0167. The molecule has 0 radical (unpaired) electrons. The van der Waals surface area contributed by atoms with Crippen molar-refractivity contribution >= 4 is 12.4 Å². The van der Waals surface area contributed by atoms with Crippen LogP contribution in [0.3, 0.4) is 0 Å². The van der Waals surface area contributed by atoms with Crippen LogP contribution in [0.15, 0.2) is 24.3 Å². The lowest BCUT2D eigenvalue weighted by atomic mass is 10.1. The van der Waals surface area contributed by atoms with Crippen LogP contribution in [0.1, 0.15) is 18.4 Å². The van der Waals surface area contributed by atoms with Crippen LogP contribution in [0.2, 0.25) is 0 Å². The molecule has 3 nitrogen and oxygen atoms in total. The van der Waals surface area contributed by atoms with E-state index in [4.69, 9.17) is 5.73 Å². The Labute approximate surface area is 118 Å². The summed E-state index contributed by atoms with van der Waals surface area (Å²) in [7, 11) is 0. The molecular weight excluding hydrogens is 274 g/mol. The predicted octanol–water partition coefficient (Wildman–Crippen LogP) is 2.63. The second kappa shape index (κ2) is 7.62. The Balaban J connectivity index is 0.00000180. The number of alkyl halides is 2. The Morgan fingerprint density at radius 1 is 1.32 bits per heavy atom. The predicted molar refractivity (Wildman–Crippen MR) is 72.8 cm³/mol. The summed E-state index contributed by atoms with van der Waals surface area (Å²) in [6, 6.07) is 7.03. The van der Waals surface area contributed by atoms with Crippen LogP contribution >= 0.6 is 12.4 Å². The molecule has 0 spiro atoms. The normalized spacial score (nSPS) is 20.1. The smallest absolute Gasteiger partial charge is 0.387 e. The SMILES string of the molecule is Cl.N[C@@H]1CCCN(Cc2ccc(OC(F)F)cc2)C1. The van der Waals surface area contributed by atoms with E-state index in [1.54, 1.807) is 12.1 Å². The van der Waals surface area contributed by atoms with Crippen LogP contribution in [0.25, 0.3) is 0 Å². The lowest BCUT2D eigenvalue weighted by molar-refractivity contribution is -0.0498. The number of likely N-dealkylation sites (tertiary alicyclic amines) is 1. The number of rotatable bonds is 4. The van der Waals surface area contributed by atoms with E-state index in [-0.39, 0.29) is 24.2 Å². The van der Waals surface area contributed by atoms with Gasteiger partial charge in [-0.1, -0.05) is 12.1 Å². The van der Waals surface area contributed by atoms with Gasteiger partial charge in [-0.2, -0.15) is 8.78 Å². The van der Waals surface area contributed by atoms with Gasteiger partial charge in [0.05, 0.1) is 0 Å². The molecule has 1 heterocycles. The zero-order chi connectivity index (χ0) is 13.0. The first-order valence-corrected chi connectivity index (χ1v) is 6.15. The van der Waals surface area contributed by atoms with E-state index >= 15 is 0 Å². The van der Waals surface area contributed by atoms with E-state index < -0.39 is 6.61 Å². The van der Waals surface area contributed by atoms with Gasteiger partial charge < -0.3 is 10.5 Å². The van der Waals surface area contributed by atoms with Crippen molar-refractivity contribution in [3.63, 3.8) is 0 Å². The molecule has 6 heteroatoms. The van der Waals surface area contributed by atoms with Gasteiger partial charge in [0.15, 0.2) is 0 Å². The van der Waals surface area contributed by atoms with Gasteiger partial charge in [-0.25, -0.2) is 0 Å². The number of benzene rings is 1. The van der Waals surface area contributed by atoms with E-state index in [2.05, 4.69) is 9.64 Å². The maximum absolute atomic E-state index is 12.0. The van der Waals surface area contributed by atoms with Crippen molar-refractivity contribution < 1.29 is 13.5 Å². The molecule has 2 rings (SSSR count). The van der Waals surface area contributed by atoms with Gasteiger partial charge in [0.25, 0.3) is 0 Å². The summed E-state index contributed by atoms with van der Waals surface area (Å²) in [5.41, 5.74) is 7.00. The molecule has 1 saturated heterocycles. The lowest BCUT2D eigenvalue weighted by Gasteiger charge is -2.30. The van der Waals surface area contributed by atoms with E-state index in [1.807, 2.05) is 12.1 Å². The van der Waals surface area contributed by atoms with Crippen LogP contribution in [-0.2, 0) is 6.54 Å². The van der Waals surface area contributed by atoms with Crippen molar-refractivity contribution in [3.05, 3.63) is 29.8 Å². The molecule has 1 aliphatic heterocycles. The second-order valence-electron chi connectivity index (χ2n) is 4.66. The lowest BCUT2D eigenvalue weighted by Crippen LogP contribution is -2.42. The van der Waals surface area contributed by atoms with Gasteiger partial charge in [-0.05, 0) is 37.1 Å². The topological polar surface area (TPSA) is 38.5 Å². The summed E-state index contributed by atoms with van der Waals surface area (Å²) in [5, 5.41) is 0. The molecule has 1 aromatic rings. The van der Waals surface area contributed by atoms with E-state index in [9.17, 15) is 8.78 Å². The Morgan fingerprint density at radius 3 is 2.58 bits per heavy atom. The van der Waals surface area contributed by atoms with Crippen molar-refractivity contribution in [2.45, 2.75) is 32.0 Å². The van der Waals surface area contributed by atoms with Crippen LogP contribution in [0.4, 0.5) is 8.78 Å². The van der Waals surface area contributed by atoms with Crippen molar-refractivity contribution in [1.82, 2.24) is 4.90 Å². The molecule has 0 amide bonds. The number of nitrogens with two attached hydrogens (primary N) is 1. The first-order chi connectivity index (χ1) is 8.63. The molecule has 0 bridgehead atoms. The van der Waals surface area contributed by atoms with Crippen molar-refractivity contribution in [1.29, 1.82) is 0 Å². The van der Waals surface area contributed by atoms with Gasteiger partial charge in [0, 0.05) is 19.1 Å². The molecule has 108 valence electrons. The van der Waals surface area contributed by atoms with Gasteiger partial charge in [0.1, 0.15) is 5.75 Å². The highest BCUT2D eigenvalue weighted by atomic mass is 35.5. The summed E-state index contributed by atoms with van der Waals surface area (Å²) in [5.74, 6) is 0.198. The molecule has 2 N–H and O–H groups in total. The van der Waals surface area contributed by atoms with Gasteiger partial charge in [-0.15, -0.1) is 12.4 Å². The maximum Gasteiger partial charge on any atom is 0.387 e. The van der Waals surface area contributed by atoms with Gasteiger partial charge >= 0.3 is 6.61 Å². The van der Waals surface area contributed by atoms with Crippen LogP contribution < -0.4 is 10.5 Å². The van der Waals surface area contributed by atoms with Crippen molar-refractivity contribution in [2.75, 3.05) is 13.1 Å². The highest BCUT2D eigenvalue weighted by Gasteiger charge is 2.16. The standard InChI is InChI=1S/C13H18F2N2O.ClH/c14-13(15)18-12-5-3-10(4-6-12)8-17-7-1-2-11(16)9-17;/h3-6,11,13H,1-2,7-9,16H2;1H/t11-;/m1./s1. The number of halogens is 3. The molecule has 1 aliphatic rings. The summed E-state index contributed by atoms with van der Waals surface area (Å²) in [6.07, 6.45) is 2.20. The number of piperidine rings is 1. The molecular formula is C13H19ClF2N2O. The molecule has 1 aromatic carbocycles. The molecule has 0 aromatic heterocycles. The molecule has 0 unspecified atom stereocenters. The average molecular weight is 293 g/mol. The molecule has 1 atom stereocenters. The Hall–Kier alpha value is -0.910. The fraction of sp³-hybridized carbons (Fsp3) is 0.538. The minimum absolute atomic E-state index is 0. The van der Waals surface area contributed by atoms with E-state index in [0.29, 0.717) is 0 Å². The highest BCUT2D eigenvalue weighted by Crippen LogP contribution is 2.17. The summed E-state index contributed by atoms with van der Waals surface area (Å²) < 4.78 is 28.3. The monoisotopic (exact) mass is 292 g/mol. The number of hydrogen-bond donors (Lipinski definition) is 1. The van der Waals surface area contributed by atoms with Gasteiger partial charge in [-0.3, -0.25) is 4.90 Å².